The second-order valence-corrected chi connectivity index (χ2v) is 6.63. The van der Waals surface area contributed by atoms with Crippen molar-refractivity contribution >= 4 is 6.03 Å². The Kier molecular flexibility index (Phi) is 5.83. The van der Waals surface area contributed by atoms with Crippen LogP contribution in [0.2, 0.25) is 0 Å². The lowest BCUT2D eigenvalue weighted by Gasteiger charge is -2.12. The van der Waals surface area contributed by atoms with Gasteiger partial charge in [-0.25, -0.2) is 4.79 Å². The summed E-state index contributed by atoms with van der Waals surface area (Å²) >= 11 is 0. The normalized spacial score (nSPS) is 16.5. The lowest BCUT2D eigenvalue weighted by Crippen LogP contribution is -2.39. The predicted molar refractivity (Wildman–Crippen MR) is 101 cm³/mol. The number of rotatable bonds is 6. The molecule has 0 bridgehead atoms. The topological polar surface area (TPSA) is 64.5 Å². The van der Waals surface area contributed by atoms with E-state index >= 15 is 0 Å². The summed E-state index contributed by atoms with van der Waals surface area (Å²) in [6.07, 6.45) is 2.25. The molecule has 1 aromatic heterocycles. The highest BCUT2D eigenvalue weighted by Crippen LogP contribution is 2.22. The third-order valence-corrected chi connectivity index (χ3v) is 4.82. The Morgan fingerprint density at radius 3 is 2.69 bits per heavy atom. The Morgan fingerprint density at radius 1 is 1.27 bits per heavy atom. The summed E-state index contributed by atoms with van der Waals surface area (Å²) in [6.45, 7) is 5.99. The van der Waals surface area contributed by atoms with Crippen LogP contribution in [0.3, 0.4) is 0 Å². The molecular weight excluding hydrogens is 330 g/mol. The maximum atomic E-state index is 12.0. The van der Waals surface area contributed by atoms with Gasteiger partial charge in [-0.1, -0.05) is 0 Å². The molecule has 1 saturated heterocycles. The lowest BCUT2D eigenvalue weighted by atomic mass is 10.2. The molecule has 26 heavy (non-hydrogen) atoms. The van der Waals surface area contributed by atoms with Crippen molar-refractivity contribution in [3.63, 3.8) is 0 Å². The molecule has 2 N–H and O–H groups in total. The Bertz CT molecular complexity index is 746. The molecular formula is C20H27N3O3. The standard InChI is InChI=1S/C20H27N3O3/c1-14-11-16(12-21-20(24)22-13-19-5-4-10-26-19)15(2)23(14)17-6-8-18(25-3)9-7-17/h6-9,11,19H,4-5,10,12-13H2,1-3H3,(H2,21,22,24). The van der Waals surface area contributed by atoms with E-state index in [2.05, 4.69) is 35.1 Å². The van der Waals surface area contributed by atoms with Crippen LogP contribution in [0.25, 0.3) is 5.69 Å². The molecule has 6 heteroatoms. The predicted octanol–water partition coefficient (Wildman–Crippen LogP) is 3.08. The monoisotopic (exact) mass is 357 g/mol. The van der Waals surface area contributed by atoms with Crippen LogP contribution in [-0.2, 0) is 11.3 Å². The summed E-state index contributed by atoms with van der Waals surface area (Å²) in [7, 11) is 1.66. The van der Waals surface area contributed by atoms with E-state index in [1.54, 1.807) is 7.11 Å². The summed E-state index contributed by atoms with van der Waals surface area (Å²) in [5.74, 6) is 0.834. The molecule has 3 rings (SSSR count). The van der Waals surface area contributed by atoms with E-state index in [0.29, 0.717) is 13.1 Å². The molecule has 1 aliphatic heterocycles. The van der Waals surface area contributed by atoms with Crippen LogP contribution >= 0.6 is 0 Å². The fraction of sp³-hybridized carbons (Fsp3) is 0.450. The first-order chi connectivity index (χ1) is 12.6. The number of carbonyl (C=O) groups is 1. The molecule has 0 saturated carbocycles. The summed E-state index contributed by atoms with van der Waals surface area (Å²) < 4.78 is 12.9. The summed E-state index contributed by atoms with van der Waals surface area (Å²) in [5.41, 5.74) is 4.43. The molecule has 1 atom stereocenters. The van der Waals surface area contributed by atoms with E-state index in [1.165, 1.54) is 0 Å². The molecule has 0 spiro atoms. The second kappa shape index (κ2) is 8.27. The van der Waals surface area contributed by atoms with Gasteiger partial charge in [0.1, 0.15) is 5.75 Å². The SMILES string of the molecule is COc1ccc(-n2c(C)cc(CNC(=O)NCC3CCCO3)c2C)cc1. The van der Waals surface area contributed by atoms with Crippen molar-refractivity contribution in [3.05, 3.63) is 47.3 Å². The van der Waals surface area contributed by atoms with Gasteiger partial charge in [-0.2, -0.15) is 0 Å². The molecule has 2 amide bonds. The number of hydrogen-bond acceptors (Lipinski definition) is 3. The van der Waals surface area contributed by atoms with Crippen LogP contribution in [0.15, 0.2) is 30.3 Å². The molecule has 1 fully saturated rings. The molecule has 1 unspecified atom stereocenters. The van der Waals surface area contributed by atoms with Gasteiger partial charge < -0.3 is 24.7 Å². The lowest BCUT2D eigenvalue weighted by molar-refractivity contribution is 0.111. The maximum absolute atomic E-state index is 12.0. The molecule has 0 aliphatic carbocycles. The van der Waals surface area contributed by atoms with Gasteiger partial charge in [-0.15, -0.1) is 0 Å². The van der Waals surface area contributed by atoms with Gasteiger partial charge in [0.05, 0.1) is 13.2 Å². The van der Waals surface area contributed by atoms with Gasteiger partial charge in [0, 0.05) is 36.8 Å². The number of aryl methyl sites for hydroxylation is 1. The van der Waals surface area contributed by atoms with Crippen molar-refractivity contribution in [1.29, 1.82) is 0 Å². The average molecular weight is 357 g/mol. The highest BCUT2D eigenvalue weighted by Gasteiger charge is 2.16. The summed E-state index contributed by atoms with van der Waals surface area (Å²) in [5, 5.41) is 5.82. The zero-order valence-corrected chi connectivity index (χ0v) is 15.7. The molecule has 1 aliphatic rings. The van der Waals surface area contributed by atoms with Crippen LogP contribution in [0.4, 0.5) is 4.79 Å². The number of benzene rings is 1. The van der Waals surface area contributed by atoms with E-state index in [0.717, 1.165) is 47.8 Å². The Morgan fingerprint density at radius 2 is 2.04 bits per heavy atom. The first kappa shape index (κ1) is 18.3. The largest absolute Gasteiger partial charge is 0.497 e. The molecule has 2 heterocycles. The van der Waals surface area contributed by atoms with Gasteiger partial charge in [0.2, 0.25) is 0 Å². The van der Waals surface area contributed by atoms with E-state index in [1.807, 2.05) is 24.3 Å². The number of hydrogen-bond donors (Lipinski definition) is 2. The van der Waals surface area contributed by atoms with Gasteiger partial charge in [-0.05, 0) is 62.6 Å². The smallest absolute Gasteiger partial charge is 0.315 e. The number of urea groups is 1. The van der Waals surface area contributed by atoms with Gasteiger partial charge in [0.15, 0.2) is 0 Å². The zero-order valence-electron chi connectivity index (χ0n) is 15.7. The fourth-order valence-electron chi connectivity index (χ4n) is 3.39. The number of aromatic nitrogens is 1. The average Bonchev–Trinajstić information content (AvgIpc) is 3.26. The van der Waals surface area contributed by atoms with Crippen molar-refractivity contribution < 1.29 is 14.3 Å². The maximum Gasteiger partial charge on any atom is 0.315 e. The minimum absolute atomic E-state index is 0.154. The van der Waals surface area contributed by atoms with E-state index in [9.17, 15) is 4.79 Å². The first-order valence-electron chi connectivity index (χ1n) is 9.04. The summed E-state index contributed by atoms with van der Waals surface area (Å²) in [6, 6.07) is 9.92. The van der Waals surface area contributed by atoms with Crippen LogP contribution in [0.5, 0.6) is 5.75 Å². The Labute approximate surface area is 154 Å². The van der Waals surface area contributed by atoms with Gasteiger partial charge in [0.25, 0.3) is 0 Å². The molecule has 1 aromatic carbocycles. The number of nitrogens with one attached hydrogen (secondary N) is 2. The van der Waals surface area contributed by atoms with Gasteiger partial charge in [-0.3, -0.25) is 0 Å². The van der Waals surface area contributed by atoms with Crippen molar-refractivity contribution in [2.45, 2.75) is 39.3 Å². The summed E-state index contributed by atoms with van der Waals surface area (Å²) in [4.78, 5) is 12.0. The Balaban J connectivity index is 1.60. The fourth-order valence-corrected chi connectivity index (χ4v) is 3.39. The van der Waals surface area contributed by atoms with Crippen LogP contribution in [0, 0.1) is 13.8 Å². The van der Waals surface area contributed by atoms with Crippen LogP contribution < -0.4 is 15.4 Å². The van der Waals surface area contributed by atoms with Crippen molar-refractivity contribution in [1.82, 2.24) is 15.2 Å². The number of nitrogens with zero attached hydrogens (tertiary/aromatic N) is 1. The zero-order chi connectivity index (χ0) is 18.5. The number of amides is 2. The third kappa shape index (κ3) is 4.19. The van der Waals surface area contributed by atoms with Crippen molar-refractivity contribution in [2.24, 2.45) is 0 Å². The quantitative estimate of drug-likeness (QED) is 0.835. The van der Waals surface area contributed by atoms with Gasteiger partial charge >= 0.3 is 6.03 Å². The Hall–Kier alpha value is -2.47. The molecule has 140 valence electrons. The highest BCUT2D eigenvalue weighted by atomic mass is 16.5. The minimum Gasteiger partial charge on any atom is -0.497 e. The third-order valence-electron chi connectivity index (χ3n) is 4.82. The van der Waals surface area contributed by atoms with Crippen LogP contribution in [0.1, 0.15) is 29.8 Å². The number of carbonyl (C=O) groups excluding carboxylic acids is 1. The van der Waals surface area contributed by atoms with E-state index < -0.39 is 0 Å². The second-order valence-electron chi connectivity index (χ2n) is 6.63. The van der Waals surface area contributed by atoms with E-state index in [-0.39, 0.29) is 12.1 Å². The van der Waals surface area contributed by atoms with Crippen LogP contribution in [-0.4, -0.2) is 37.0 Å². The van der Waals surface area contributed by atoms with Crippen molar-refractivity contribution in [3.8, 4) is 11.4 Å². The number of ether oxygens (including phenoxy) is 2. The van der Waals surface area contributed by atoms with Crippen molar-refractivity contribution in [2.75, 3.05) is 20.3 Å². The van der Waals surface area contributed by atoms with E-state index in [4.69, 9.17) is 9.47 Å². The first-order valence-corrected chi connectivity index (χ1v) is 9.04. The molecule has 0 radical (unpaired) electrons. The minimum atomic E-state index is -0.158. The molecule has 6 nitrogen and oxygen atoms in total. The number of methoxy groups -OCH3 is 1. The molecule has 2 aromatic rings. The highest BCUT2D eigenvalue weighted by molar-refractivity contribution is 5.73.